The molecule has 8 heteroatoms. The van der Waals surface area contributed by atoms with Crippen molar-refractivity contribution in [2.75, 3.05) is 6.61 Å². The molecule has 3 rings (SSSR count). The second-order valence-electron chi connectivity index (χ2n) is 6.29. The Bertz CT molecular complexity index is 827. The van der Waals surface area contributed by atoms with Crippen molar-refractivity contribution < 1.29 is 19.1 Å². The first-order chi connectivity index (χ1) is 12.5. The number of H-pyrrole nitrogens is 1. The molecule has 1 saturated carbocycles. The van der Waals surface area contributed by atoms with E-state index in [9.17, 15) is 14.4 Å². The summed E-state index contributed by atoms with van der Waals surface area (Å²) in [5.74, 6) is -1.34. The van der Waals surface area contributed by atoms with Crippen molar-refractivity contribution in [2.24, 2.45) is 0 Å². The number of esters is 1. The summed E-state index contributed by atoms with van der Waals surface area (Å²) in [6.07, 6.45) is 5.18. The third-order valence-electron chi connectivity index (χ3n) is 4.37. The number of imide groups is 1. The Kier molecular flexibility index (Phi) is 5.92. The zero-order valence-corrected chi connectivity index (χ0v) is 15.7. The van der Waals surface area contributed by atoms with E-state index in [1.165, 1.54) is 6.42 Å². The third kappa shape index (κ3) is 4.43. The number of nitrogens with one attached hydrogen (secondary N) is 3. The molecule has 0 unspecified atom stereocenters. The van der Waals surface area contributed by atoms with E-state index in [1.54, 1.807) is 0 Å². The number of para-hydroxylation sites is 1. The molecule has 0 aliphatic heterocycles. The summed E-state index contributed by atoms with van der Waals surface area (Å²) in [4.78, 5) is 38.8. The lowest BCUT2D eigenvalue weighted by Crippen LogP contribution is -2.46. The second-order valence-corrected chi connectivity index (χ2v) is 7.09. The SMILES string of the molecule is O=C(COC(=O)c1[nH]c2ccccc2c1Br)NC(=O)NC1CCCCC1. The van der Waals surface area contributed by atoms with Crippen LogP contribution in [0.4, 0.5) is 4.79 Å². The molecular weight excluding hydrogens is 402 g/mol. The highest BCUT2D eigenvalue weighted by molar-refractivity contribution is 9.10. The Balaban J connectivity index is 1.49. The predicted octanol–water partition coefficient (Wildman–Crippen LogP) is 3.25. The summed E-state index contributed by atoms with van der Waals surface area (Å²) in [6.45, 7) is -0.529. The van der Waals surface area contributed by atoms with Crippen LogP contribution < -0.4 is 10.6 Å². The van der Waals surface area contributed by atoms with E-state index in [1.807, 2.05) is 24.3 Å². The van der Waals surface area contributed by atoms with Gasteiger partial charge >= 0.3 is 12.0 Å². The number of hydrogen-bond donors (Lipinski definition) is 3. The van der Waals surface area contributed by atoms with Gasteiger partial charge in [0.2, 0.25) is 0 Å². The first kappa shape index (κ1) is 18.4. The summed E-state index contributed by atoms with van der Waals surface area (Å²) in [5, 5.41) is 5.80. The minimum atomic E-state index is -0.670. The van der Waals surface area contributed by atoms with Gasteiger partial charge in [0.25, 0.3) is 5.91 Å². The average molecular weight is 422 g/mol. The highest BCUT2D eigenvalue weighted by Crippen LogP contribution is 2.28. The molecule has 1 fully saturated rings. The predicted molar refractivity (Wildman–Crippen MR) is 99.8 cm³/mol. The summed E-state index contributed by atoms with van der Waals surface area (Å²) < 4.78 is 5.58. The number of aromatic nitrogens is 1. The molecule has 26 heavy (non-hydrogen) atoms. The van der Waals surface area contributed by atoms with Crippen molar-refractivity contribution >= 4 is 44.7 Å². The maximum atomic E-state index is 12.2. The molecule has 1 aliphatic carbocycles. The van der Waals surface area contributed by atoms with E-state index < -0.39 is 24.5 Å². The lowest BCUT2D eigenvalue weighted by atomic mass is 9.96. The van der Waals surface area contributed by atoms with Gasteiger partial charge in [-0.2, -0.15) is 0 Å². The van der Waals surface area contributed by atoms with Gasteiger partial charge in [-0.3, -0.25) is 10.1 Å². The minimum absolute atomic E-state index is 0.0985. The molecule has 0 saturated heterocycles. The molecule has 0 spiro atoms. The molecule has 138 valence electrons. The van der Waals surface area contributed by atoms with Crippen LogP contribution in [0.5, 0.6) is 0 Å². The summed E-state index contributed by atoms with van der Waals surface area (Å²) in [6, 6.07) is 6.94. The number of carbonyl (C=O) groups is 3. The van der Waals surface area contributed by atoms with Crippen LogP contribution in [0.3, 0.4) is 0 Å². The Morgan fingerprint density at radius 1 is 1.15 bits per heavy atom. The first-order valence-electron chi connectivity index (χ1n) is 8.58. The quantitative estimate of drug-likeness (QED) is 0.659. The number of ether oxygens (including phenoxy) is 1. The highest BCUT2D eigenvalue weighted by atomic mass is 79.9. The van der Waals surface area contributed by atoms with Gasteiger partial charge in [-0.1, -0.05) is 37.5 Å². The fourth-order valence-electron chi connectivity index (χ4n) is 3.08. The Labute approximate surface area is 159 Å². The van der Waals surface area contributed by atoms with Crippen molar-refractivity contribution in [3.05, 3.63) is 34.4 Å². The van der Waals surface area contributed by atoms with Crippen molar-refractivity contribution in [1.82, 2.24) is 15.6 Å². The number of benzene rings is 1. The van der Waals surface area contributed by atoms with E-state index in [0.717, 1.165) is 36.6 Å². The van der Waals surface area contributed by atoms with Crippen LogP contribution in [0.15, 0.2) is 28.7 Å². The molecule has 1 heterocycles. The lowest BCUT2D eigenvalue weighted by molar-refractivity contribution is -0.123. The molecule has 3 amide bonds. The van der Waals surface area contributed by atoms with E-state index in [4.69, 9.17) is 4.74 Å². The van der Waals surface area contributed by atoms with Crippen LogP contribution in [0.1, 0.15) is 42.6 Å². The fraction of sp³-hybridized carbons (Fsp3) is 0.389. The Hall–Kier alpha value is -2.35. The molecule has 1 aromatic heterocycles. The number of carbonyl (C=O) groups excluding carboxylic acids is 3. The normalized spacial score (nSPS) is 14.8. The maximum Gasteiger partial charge on any atom is 0.356 e. The largest absolute Gasteiger partial charge is 0.451 e. The lowest BCUT2D eigenvalue weighted by Gasteiger charge is -2.22. The standard InChI is InChI=1S/C18H20BrN3O4/c19-15-12-8-4-5-9-13(12)21-16(15)17(24)26-10-14(23)22-18(25)20-11-6-2-1-3-7-11/h4-5,8-9,11,21H,1-3,6-7,10H2,(H2,20,22,23,25). The van der Waals surface area contributed by atoms with Crippen LogP contribution in [0.25, 0.3) is 10.9 Å². The Morgan fingerprint density at radius 3 is 2.62 bits per heavy atom. The number of halogens is 1. The molecule has 3 N–H and O–H groups in total. The monoisotopic (exact) mass is 421 g/mol. The van der Waals surface area contributed by atoms with Gasteiger partial charge < -0.3 is 15.0 Å². The summed E-state index contributed by atoms with van der Waals surface area (Å²) in [7, 11) is 0. The summed E-state index contributed by atoms with van der Waals surface area (Å²) in [5.41, 5.74) is 1.01. The topological polar surface area (TPSA) is 100 Å². The molecule has 0 atom stereocenters. The van der Waals surface area contributed by atoms with Gasteiger partial charge in [-0.15, -0.1) is 0 Å². The summed E-state index contributed by atoms with van der Waals surface area (Å²) >= 11 is 3.36. The van der Waals surface area contributed by atoms with E-state index in [-0.39, 0.29) is 11.7 Å². The maximum absolute atomic E-state index is 12.2. The molecule has 0 bridgehead atoms. The van der Waals surface area contributed by atoms with Crippen LogP contribution in [-0.4, -0.2) is 35.5 Å². The van der Waals surface area contributed by atoms with Gasteiger partial charge in [0, 0.05) is 16.9 Å². The third-order valence-corrected chi connectivity index (χ3v) is 5.20. The number of hydrogen-bond acceptors (Lipinski definition) is 4. The Morgan fingerprint density at radius 2 is 1.88 bits per heavy atom. The van der Waals surface area contributed by atoms with Crippen LogP contribution in [0.2, 0.25) is 0 Å². The van der Waals surface area contributed by atoms with Crippen LogP contribution >= 0.6 is 15.9 Å². The van der Waals surface area contributed by atoms with Crippen LogP contribution in [-0.2, 0) is 9.53 Å². The van der Waals surface area contributed by atoms with Gasteiger partial charge in [-0.05, 0) is 34.8 Å². The van der Waals surface area contributed by atoms with Crippen LogP contribution in [0, 0.1) is 0 Å². The molecule has 0 radical (unpaired) electrons. The van der Waals surface area contributed by atoms with Crippen molar-refractivity contribution in [1.29, 1.82) is 0 Å². The van der Waals surface area contributed by atoms with E-state index >= 15 is 0 Å². The number of aromatic amines is 1. The van der Waals surface area contributed by atoms with Gasteiger partial charge in [0.05, 0.1) is 4.47 Å². The smallest absolute Gasteiger partial charge is 0.356 e. The number of rotatable bonds is 4. The number of fused-ring (bicyclic) bond motifs is 1. The zero-order chi connectivity index (χ0) is 18.5. The van der Waals surface area contributed by atoms with Crippen molar-refractivity contribution in [3.8, 4) is 0 Å². The average Bonchev–Trinajstić information content (AvgIpc) is 2.98. The van der Waals surface area contributed by atoms with E-state index in [2.05, 4.69) is 31.5 Å². The van der Waals surface area contributed by atoms with Gasteiger partial charge in [0.15, 0.2) is 6.61 Å². The van der Waals surface area contributed by atoms with Gasteiger partial charge in [-0.25, -0.2) is 9.59 Å². The first-order valence-corrected chi connectivity index (χ1v) is 9.37. The number of amides is 3. The molecule has 2 aromatic rings. The molecular formula is C18H20BrN3O4. The zero-order valence-electron chi connectivity index (χ0n) is 14.1. The number of urea groups is 1. The second kappa shape index (κ2) is 8.35. The van der Waals surface area contributed by atoms with Crippen molar-refractivity contribution in [3.63, 3.8) is 0 Å². The van der Waals surface area contributed by atoms with Gasteiger partial charge in [0.1, 0.15) is 5.69 Å². The highest BCUT2D eigenvalue weighted by Gasteiger charge is 2.20. The molecule has 1 aromatic carbocycles. The van der Waals surface area contributed by atoms with E-state index in [0.29, 0.717) is 4.47 Å². The molecule has 1 aliphatic rings. The fourth-order valence-corrected chi connectivity index (χ4v) is 3.69. The molecule has 7 nitrogen and oxygen atoms in total. The van der Waals surface area contributed by atoms with Crippen molar-refractivity contribution in [2.45, 2.75) is 38.1 Å². The minimum Gasteiger partial charge on any atom is -0.451 e.